The minimum absolute atomic E-state index is 0.272. The Morgan fingerprint density at radius 1 is 0.600 bits per heavy atom. The van der Waals surface area contributed by atoms with Crippen LogP contribution < -0.4 is 21.5 Å². The van der Waals surface area contributed by atoms with Crippen molar-refractivity contribution in [1.29, 1.82) is 0 Å². The fraction of sp³-hybridized carbons (Fsp3) is 0.312. The lowest BCUT2D eigenvalue weighted by Crippen LogP contribution is -2.18. The Balaban J connectivity index is 1.08. The van der Waals surface area contributed by atoms with Crippen LogP contribution in [-0.4, -0.2) is 36.3 Å². The van der Waals surface area contributed by atoms with E-state index in [0.717, 1.165) is 22.5 Å². The Hall–Kier alpha value is -4.46. The topological polar surface area (TPSA) is 107 Å². The molecule has 0 saturated heterocycles. The van der Waals surface area contributed by atoms with Crippen molar-refractivity contribution in [2.45, 2.75) is 63.5 Å². The summed E-state index contributed by atoms with van der Waals surface area (Å²) in [6.45, 7) is 0. The maximum Gasteiger partial charge on any atom is 0.271 e. The molecule has 0 radical (unpaired) electrons. The molecule has 0 bridgehead atoms. The molecule has 0 heterocycles. The second kappa shape index (κ2) is 13.6. The van der Waals surface area contributed by atoms with Gasteiger partial charge in [-0.05, 0) is 91.4 Å². The molecule has 2 saturated carbocycles. The molecular formula is C32H36N6O2. The van der Waals surface area contributed by atoms with Crippen molar-refractivity contribution in [3.63, 3.8) is 0 Å². The highest BCUT2D eigenvalue weighted by Crippen LogP contribution is 2.23. The predicted molar refractivity (Wildman–Crippen MR) is 161 cm³/mol. The number of hydrazone groups is 2. The molecule has 8 nitrogen and oxygen atoms in total. The highest BCUT2D eigenvalue weighted by atomic mass is 16.2. The average molecular weight is 537 g/mol. The van der Waals surface area contributed by atoms with Crippen LogP contribution >= 0.6 is 0 Å². The van der Waals surface area contributed by atoms with Crippen LogP contribution in [-0.2, 0) is 0 Å². The molecule has 0 spiro atoms. The number of amides is 2. The van der Waals surface area contributed by atoms with Gasteiger partial charge in [0.25, 0.3) is 11.8 Å². The van der Waals surface area contributed by atoms with Crippen LogP contribution in [0.2, 0.25) is 0 Å². The third-order valence-electron chi connectivity index (χ3n) is 7.42. The van der Waals surface area contributed by atoms with Crippen LogP contribution in [0.3, 0.4) is 0 Å². The third kappa shape index (κ3) is 7.79. The summed E-state index contributed by atoms with van der Waals surface area (Å²) in [6.07, 6.45) is 13.0. The van der Waals surface area contributed by atoms with Gasteiger partial charge in [0.15, 0.2) is 0 Å². The number of hydrogen-bond acceptors (Lipinski definition) is 6. The van der Waals surface area contributed by atoms with Crippen LogP contribution in [0, 0.1) is 0 Å². The molecule has 3 aromatic rings. The maximum atomic E-state index is 12.5. The van der Waals surface area contributed by atoms with Crippen LogP contribution in [0.25, 0.3) is 0 Å². The van der Waals surface area contributed by atoms with E-state index in [-0.39, 0.29) is 11.8 Å². The van der Waals surface area contributed by atoms with Crippen molar-refractivity contribution in [3.05, 3.63) is 95.1 Å². The Bertz CT molecular complexity index is 1240. The fourth-order valence-electron chi connectivity index (χ4n) is 5.23. The zero-order valence-corrected chi connectivity index (χ0v) is 22.6. The van der Waals surface area contributed by atoms with E-state index in [2.05, 4.69) is 31.7 Å². The summed E-state index contributed by atoms with van der Waals surface area (Å²) in [5.74, 6) is -0.544. The zero-order valence-electron chi connectivity index (χ0n) is 22.6. The van der Waals surface area contributed by atoms with E-state index in [1.54, 1.807) is 36.7 Å². The largest absolute Gasteiger partial charge is 0.382 e. The van der Waals surface area contributed by atoms with Crippen molar-refractivity contribution in [2.75, 3.05) is 10.6 Å². The van der Waals surface area contributed by atoms with Gasteiger partial charge in [-0.15, -0.1) is 0 Å². The molecule has 4 N–H and O–H groups in total. The monoisotopic (exact) mass is 536 g/mol. The summed E-state index contributed by atoms with van der Waals surface area (Å²) in [5, 5.41) is 15.2. The molecule has 2 amide bonds. The molecule has 5 rings (SSSR count). The van der Waals surface area contributed by atoms with E-state index in [4.69, 9.17) is 0 Å². The number of carbonyl (C=O) groups excluding carboxylic acids is 2. The van der Waals surface area contributed by atoms with Gasteiger partial charge in [-0.25, -0.2) is 10.9 Å². The lowest BCUT2D eigenvalue weighted by molar-refractivity contribution is 0.0947. The van der Waals surface area contributed by atoms with E-state index in [9.17, 15) is 9.59 Å². The first-order valence-corrected chi connectivity index (χ1v) is 14.1. The zero-order chi connectivity index (χ0) is 27.6. The number of nitrogens with zero attached hydrogens (tertiary/aromatic N) is 2. The van der Waals surface area contributed by atoms with Gasteiger partial charge < -0.3 is 10.6 Å². The molecule has 206 valence electrons. The molecule has 0 atom stereocenters. The summed E-state index contributed by atoms with van der Waals surface area (Å²) in [4.78, 5) is 24.9. The number of hydrogen-bond donors (Lipinski definition) is 4. The van der Waals surface area contributed by atoms with Crippen molar-refractivity contribution >= 4 is 35.6 Å². The summed E-state index contributed by atoms with van der Waals surface area (Å²) in [6, 6.07) is 23.5. The minimum atomic E-state index is -0.272. The third-order valence-corrected chi connectivity index (χ3v) is 7.42. The molecular weight excluding hydrogens is 500 g/mol. The smallest absolute Gasteiger partial charge is 0.271 e. The van der Waals surface area contributed by atoms with Crippen LogP contribution in [0.15, 0.2) is 83.0 Å². The Morgan fingerprint density at radius 3 is 1.40 bits per heavy atom. The minimum Gasteiger partial charge on any atom is -0.382 e. The highest BCUT2D eigenvalue weighted by Gasteiger charge is 2.15. The number of benzene rings is 3. The van der Waals surface area contributed by atoms with Crippen molar-refractivity contribution in [1.82, 2.24) is 10.9 Å². The van der Waals surface area contributed by atoms with E-state index >= 15 is 0 Å². The summed E-state index contributed by atoms with van der Waals surface area (Å²) in [7, 11) is 0. The molecule has 0 unspecified atom stereocenters. The van der Waals surface area contributed by atoms with Gasteiger partial charge in [-0.3, -0.25) is 9.59 Å². The molecule has 3 aromatic carbocycles. The second-order valence-corrected chi connectivity index (χ2v) is 10.5. The van der Waals surface area contributed by atoms with Crippen molar-refractivity contribution < 1.29 is 9.59 Å². The molecule has 8 heteroatoms. The van der Waals surface area contributed by atoms with E-state index < -0.39 is 0 Å². The normalized spacial score (nSPS) is 16.0. The lowest BCUT2D eigenvalue weighted by Gasteiger charge is -2.13. The molecule has 0 aliphatic heterocycles. The summed E-state index contributed by atoms with van der Waals surface area (Å²) >= 11 is 0. The molecule has 40 heavy (non-hydrogen) atoms. The standard InChI is InChI=1S/C32H36N6O2/c39-31(25-12-16-29(17-13-25)35-27-8-1-2-9-27)37-33-21-23-6-5-7-24(20-23)22-34-38-32(40)26-14-18-30(19-15-26)36-28-10-3-4-11-28/h5-7,12-22,27-28,35-36H,1-4,8-11H2,(H,37,39)(H,38,40). The summed E-state index contributed by atoms with van der Waals surface area (Å²) < 4.78 is 0. The quantitative estimate of drug-likeness (QED) is 0.190. The average Bonchev–Trinajstić information content (AvgIpc) is 3.69. The van der Waals surface area contributed by atoms with Crippen LogP contribution in [0.1, 0.15) is 83.2 Å². The number of carbonyl (C=O) groups is 2. The Morgan fingerprint density at radius 2 is 1.00 bits per heavy atom. The Kier molecular flexibility index (Phi) is 9.19. The first-order valence-electron chi connectivity index (χ1n) is 14.1. The molecule has 2 aliphatic carbocycles. The number of anilines is 2. The maximum absolute atomic E-state index is 12.5. The second-order valence-electron chi connectivity index (χ2n) is 10.5. The lowest BCUT2D eigenvalue weighted by atomic mass is 10.1. The van der Waals surface area contributed by atoms with E-state index in [1.807, 2.05) is 48.5 Å². The fourth-order valence-corrected chi connectivity index (χ4v) is 5.23. The van der Waals surface area contributed by atoms with Gasteiger partial charge >= 0.3 is 0 Å². The van der Waals surface area contributed by atoms with Gasteiger partial charge in [0.05, 0.1) is 12.4 Å². The van der Waals surface area contributed by atoms with Gasteiger partial charge in [0.1, 0.15) is 0 Å². The van der Waals surface area contributed by atoms with Crippen LogP contribution in [0.4, 0.5) is 11.4 Å². The van der Waals surface area contributed by atoms with Gasteiger partial charge in [-0.1, -0.05) is 43.9 Å². The van der Waals surface area contributed by atoms with E-state index in [1.165, 1.54) is 51.4 Å². The first kappa shape index (κ1) is 27.1. The van der Waals surface area contributed by atoms with Gasteiger partial charge in [0, 0.05) is 34.6 Å². The van der Waals surface area contributed by atoms with E-state index in [0.29, 0.717) is 23.2 Å². The first-order chi connectivity index (χ1) is 19.6. The highest BCUT2D eigenvalue weighted by molar-refractivity contribution is 5.96. The van der Waals surface area contributed by atoms with Crippen molar-refractivity contribution in [2.24, 2.45) is 10.2 Å². The van der Waals surface area contributed by atoms with Crippen molar-refractivity contribution in [3.8, 4) is 0 Å². The number of rotatable bonds is 10. The SMILES string of the molecule is O=C(NN=Cc1cccc(C=NNC(=O)c2ccc(NC3CCCC3)cc2)c1)c1ccc(NC2CCCC2)cc1. The van der Waals surface area contributed by atoms with Gasteiger partial charge in [-0.2, -0.15) is 10.2 Å². The molecule has 2 aliphatic rings. The van der Waals surface area contributed by atoms with Crippen LogP contribution in [0.5, 0.6) is 0 Å². The number of nitrogens with one attached hydrogen (secondary N) is 4. The van der Waals surface area contributed by atoms with Gasteiger partial charge in [0.2, 0.25) is 0 Å². The molecule has 0 aromatic heterocycles. The summed E-state index contributed by atoms with van der Waals surface area (Å²) in [5.41, 5.74) is 9.89. The Labute approximate surface area is 235 Å². The molecule has 2 fully saturated rings. The predicted octanol–water partition coefficient (Wildman–Crippen LogP) is 5.92.